The SMILES string of the molecule is NC(=O)c1ccc(NC2CCOC(C3CC3)C2)nn1. The molecule has 2 heterocycles. The second kappa shape index (κ2) is 5.13. The average Bonchev–Trinajstić information content (AvgIpc) is 3.24. The highest BCUT2D eigenvalue weighted by atomic mass is 16.5. The van der Waals surface area contributed by atoms with Gasteiger partial charge in [-0.05, 0) is 43.7 Å². The Kier molecular flexibility index (Phi) is 3.33. The van der Waals surface area contributed by atoms with Crippen LogP contribution >= 0.6 is 0 Å². The number of carbonyl (C=O) groups excluding carboxylic acids is 1. The maximum atomic E-state index is 10.9. The van der Waals surface area contributed by atoms with Crippen molar-refractivity contribution >= 4 is 11.7 Å². The van der Waals surface area contributed by atoms with Gasteiger partial charge in [-0.25, -0.2) is 0 Å². The number of anilines is 1. The molecule has 1 amide bonds. The molecule has 6 heteroatoms. The van der Waals surface area contributed by atoms with Gasteiger partial charge in [-0.15, -0.1) is 10.2 Å². The fourth-order valence-corrected chi connectivity index (χ4v) is 2.51. The molecule has 0 spiro atoms. The zero-order chi connectivity index (χ0) is 13.2. The van der Waals surface area contributed by atoms with Crippen LogP contribution in [0.4, 0.5) is 5.82 Å². The molecule has 0 radical (unpaired) electrons. The standard InChI is InChI=1S/C13H18N4O2/c14-13(18)10-3-4-12(17-16-10)15-9-5-6-19-11(7-9)8-1-2-8/h3-4,8-9,11H,1-2,5-7H2,(H2,14,18)(H,15,17). The van der Waals surface area contributed by atoms with Gasteiger partial charge < -0.3 is 15.8 Å². The molecule has 1 aliphatic carbocycles. The molecule has 1 saturated carbocycles. The van der Waals surface area contributed by atoms with Crippen LogP contribution in [-0.4, -0.2) is 34.9 Å². The van der Waals surface area contributed by atoms with E-state index < -0.39 is 5.91 Å². The molecular formula is C13H18N4O2. The summed E-state index contributed by atoms with van der Waals surface area (Å²) in [5.74, 6) is 0.887. The van der Waals surface area contributed by atoms with Crippen molar-refractivity contribution in [2.24, 2.45) is 11.7 Å². The van der Waals surface area contributed by atoms with Gasteiger partial charge in [-0.3, -0.25) is 4.79 Å². The highest BCUT2D eigenvalue weighted by Crippen LogP contribution is 2.38. The first-order valence-corrected chi connectivity index (χ1v) is 6.74. The highest BCUT2D eigenvalue weighted by molar-refractivity contribution is 5.90. The minimum absolute atomic E-state index is 0.188. The Balaban J connectivity index is 1.59. The molecule has 2 unspecified atom stereocenters. The number of aromatic nitrogens is 2. The lowest BCUT2D eigenvalue weighted by Crippen LogP contribution is -2.35. The van der Waals surface area contributed by atoms with Crippen molar-refractivity contribution in [3.63, 3.8) is 0 Å². The number of hydrogen-bond acceptors (Lipinski definition) is 5. The summed E-state index contributed by atoms with van der Waals surface area (Å²) < 4.78 is 5.78. The molecule has 3 rings (SSSR count). The largest absolute Gasteiger partial charge is 0.378 e. The highest BCUT2D eigenvalue weighted by Gasteiger charge is 2.35. The smallest absolute Gasteiger partial charge is 0.269 e. The molecule has 1 aromatic rings. The molecule has 2 aliphatic rings. The van der Waals surface area contributed by atoms with Crippen LogP contribution in [-0.2, 0) is 4.74 Å². The predicted octanol–water partition coefficient (Wildman–Crippen LogP) is 0.945. The van der Waals surface area contributed by atoms with Crippen molar-refractivity contribution in [2.75, 3.05) is 11.9 Å². The minimum atomic E-state index is -0.557. The quantitative estimate of drug-likeness (QED) is 0.843. The molecule has 2 fully saturated rings. The zero-order valence-corrected chi connectivity index (χ0v) is 10.7. The summed E-state index contributed by atoms with van der Waals surface area (Å²) in [6.07, 6.45) is 4.98. The first-order valence-electron chi connectivity index (χ1n) is 6.74. The number of nitrogens with zero attached hydrogens (tertiary/aromatic N) is 2. The van der Waals surface area contributed by atoms with Gasteiger partial charge in [0.15, 0.2) is 5.69 Å². The summed E-state index contributed by atoms with van der Waals surface area (Å²) in [5, 5.41) is 11.1. The van der Waals surface area contributed by atoms with Crippen LogP contribution in [0.2, 0.25) is 0 Å². The third-order valence-electron chi connectivity index (χ3n) is 3.73. The van der Waals surface area contributed by atoms with Crippen LogP contribution in [0.1, 0.15) is 36.2 Å². The Morgan fingerprint density at radius 3 is 2.79 bits per heavy atom. The number of nitrogens with one attached hydrogen (secondary N) is 1. The van der Waals surface area contributed by atoms with Crippen molar-refractivity contribution in [1.82, 2.24) is 10.2 Å². The van der Waals surface area contributed by atoms with E-state index in [2.05, 4.69) is 15.5 Å². The second-order valence-electron chi connectivity index (χ2n) is 5.28. The van der Waals surface area contributed by atoms with Crippen molar-refractivity contribution in [3.8, 4) is 0 Å². The van der Waals surface area contributed by atoms with Crippen LogP contribution < -0.4 is 11.1 Å². The van der Waals surface area contributed by atoms with Crippen LogP contribution in [0.3, 0.4) is 0 Å². The number of nitrogens with two attached hydrogens (primary N) is 1. The van der Waals surface area contributed by atoms with Gasteiger partial charge in [-0.2, -0.15) is 0 Å². The lowest BCUT2D eigenvalue weighted by atomic mass is 10.00. The van der Waals surface area contributed by atoms with Gasteiger partial charge >= 0.3 is 0 Å². The van der Waals surface area contributed by atoms with E-state index in [1.54, 1.807) is 12.1 Å². The average molecular weight is 262 g/mol. The molecule has 1 aromatic heterocycles. The van der Waals surface area contributed by atoms with Crippen LogP contribution in [0.15, 0.2) is 12.1 Å². The fourth-order valence-electron chi connectivity index (χ4n) is 2.51. The summed E-state index contributed by atoms with van der Waals surface area (Å²) in [7, 11) is 0. The fraction of sp³-hybridized carbons (Fsp3) is 0.615. The van der Waals surface area contributed by atoms with Crippen molar-refractivity contribution in [3.05, 3.63) is 17.8 Å². The molecule has 0 aromatic carbocycles. The molecule has 2 atom stereocenters. The molecule has 3 N–H and O–H groups in total. The molecule has 19 heavy (non-hydrogen) atoms. The maximum Gasteiger partial charge on any atom is 0.269 e. The third-order valence-corrected chi connectivity index (χ3v) is 3.73. The first-order chi connectivity index (χ1) is 9.22. The van der Waals surface area contributed by atoms with Crippen LogP contribution in [0.5, 0.6) is 0 Å². The normalized spacial score (nSPS) is 26.9. The molecular weight excluding hydrogens is 244 g/mol. The number of rotatable bonds is 4. The third kappa shape index (κ3) is 3.01. The zero-order valence-electron chi connectivity index (χ0n) is 10.7. The van der Waals surface area contributed by atoms with Gasteiger partial charge in [-0.1, -0.05) is 0 Å². The Morgan fingerprint density at radius 2 is 2.16 bits per heavy atom. The number of primary amides is 1. The number of ether oxygens (including phenoxy) is 1. The summed E-state index contributed by atoms with van der Waals surface area (Å²) in [4.78, 5) is 10.9. The van der Waals surface area contributed by atoms with E-state index in [4.69, 9.17) is 10.5 Å². The Labute approximate surface area is 111 Å². The van der Waals surface area contributed by atoms with E-state index in [1.165, 1.54) is 12.8 Å². The second-order valence-corrected chi connectivity index (χ2v) is 5.28. The molecule has 1 saturated heterocycles. The summed E-state index contributed by atoms with van der Waals surface area (Å²) >= 11 is 0. The van der Waals surface area contributed by atoms with Gasteiger partial charge in [0.1, 0.15) is 5.82 Å². The van der Waals surface area contributed by atoms with Crippen molar-refractivity contribution in [1.29, 1.82) is 0 Å². The number of amides is 1. The first kappa shape index (κ1) is 12.3. The van der Waals surface area contributed by atoms with Crippen LogP contribution in [0, 0.1) is 5.92 Å². The molecule has 1 aliphatic heterocycles. The van der Waals surface area contributed by atoms with E-state index in [1.807, 2.05) is 0 Å². The van der Waals surface area contributed by atoms with Crippen LogP contribution in [0.25, 0.3) is 0 Å². The van der Waals surface area contributed by atoms with Gasteiger partial charge in [0.2, 0.25) is 0 Å². The van der Waals surface area contributed by atoms with Gasteiger partial charge in [0.05, 0.1) is 6.10 Å². The molecule has 102 valence electrons. The van der Waals surface area contributed by atoms with E-state index in [0.29, 0.717) is 18.0 Å². The summed E-state index contributed by atoms with van der Waals surface area (Å²) in [5.41, 5.74) is 5.32. The van der Waals surface area contributed by atoms with E-state index in [0.717, 1.165) is 25.4 Å². The summed E-state index contributed by atoms with van der Waals surface area (Å²) in [6.45, 7) is 0.797. The monoisotopic (exact) mass is 262 g/mol. The molecule has 0 bridgehead atoms. The lowest BCUT2D eigenvalue weighted by Gasteiger charge is -2.30. The van der Waals surface area contributed by atoms with E-state index >= 15 is 0 Å². The maximum absolute atomic E-state index is 10.9. The Bertz CT molecular complexity index is 458. The summed E-state index contributed by atoms with van der Waals surface area (Å²) in [6, 6.07) is 3.71. The minimum Gasteiger partial charge on any atom is -0.378 e. The van der Waals surface area contributed by atoms with E-state index in [-0.39, 0.29) is 5.69 Å². The van der Waals surface area contributed by atoms with E-state index in [9.17, 15) is 4.79 Å². The van der Waals surface area contributed by atoms with Gasteiger partial charge in [0, 0.05) is 12.6 Å². The Hall–Kier alpha value is -1.69. The lowest BCUT2D eigenvalue weighted by molar-refractivity contribution is -0.00224. The predicted molar refractivity (Wildman–Crippen MR) is 69.7 cm³/mol. The topological polar surface area (TPSA) is 90.1 Å². The number of hydrogen-bond donors (Lipinski definition) is 2. The van der Waals surface area contributed by atoms with Crippen molar-refractivity contribution in [2.45, 2.75) is 37.8 Å². The van der Waals surface area contributed by atoms with Crippen molar-refractivity contribution < 1.29 is 9.53 Å². The molecule has 6 nitrogen and oxygen atoms in total. The Morgan fingerprint density at radius 1 is 1.32 bits per heavy atom. The number of carbonyl (C=O) groups is 1. The van der Waals surface area contributed by atoms with Gasteiger partial charge in [0.25, 0.3) is 5.91 Å².